The first kappa shape index (κ1) is 23.6. The Balaban J connectivity index is 1.88. The summed E-state index contributed by atoms with van der Waals surface area (Å²) in [6.45, 7) is 2.57. The Bertz CT molecular complexity index is 1320. The minimum absolute atomic E-state index is 0.0499. The quantitative estimate of drug-likeness (QED) is 0.298. The van der Waals surface area contributed by atoms with Crippen LogP contribution in [-0.2, 0) is 9.59 Å². The van der Waals surface area contributed by atoms with E-state index in [4.69, 9.17) is 14.7 Å². The summed E-state index contributed by atoms with van der Waals surface area (Å²) >= 11 is 0. The third kappa shape index (κ3) is 4.46. The van der Waals surface area contributed by atoms with Gasteiger partial charge in [-0.25, -0.2) is 0 Å². The van der Waals surface area contributed by atoms with E-state index in [0.717, 1.165) is 6.42 Å². The molecule has 1 atom stereocenters. The van der Waals surface area contributed by atoms with E-state index in [-0.39, 0.29) is 11.3 Å². The fourth-order valence-corrected chi connectivity index (χ4v) is 4.07. The van der Waals surface area contributed by atoms with Gasteiger partial charge in [-0.15, -0.1) is 0 Å². The summed E-state index contributed by atoms with van der Waals surface area (Å²) in [7, 11) is 1.50. The Kier molecular flexibility index (Phi) is 6.83. The van der Waals surface area contributed by atoms with Crippen molar-refractivity contribution in [2.75, 3.05) is 18.6 Å². The lowest BCUT2D eigenvalue weighted by Gasteiger charge is -2.26. The van der Waals surface area contributed by atoms with Gasteiger partial charge in [-0.05, 0) is 61.0 Å². The number of aliphatic hydroxyl groups is 1. The molecule has 0 spiro atoms. The van der Waals surface area contributed by atoms with Crippen LogP contribution >= 0.6 is 0 Å². The fraction of sp³-hybridized carbons (Fsp3) is 0.179. The van der Waals surface area contributed by atoms with Crippen molar-refractivity contribution in [3.63, 3.8) is 0 Å². The summed E-state index contributed by atoms with van der Waals surface area (Å²) in [5, 5.41) is 20.4. The predicted octanol–water partition coefficient (Wildman–Crippen LogP) is 4.98. The lowest BCUT2D eigenvalue weighted by molar-refractivity contribution is -0.132. The zero-order chi connectivity index (χ0) is 24.9. The lowest BCUT2D eigenvalue weighted by Crippen LogP contribution is -2.29. The number of amides is 1. The molecule has 1 N–H and O–H groups in total. The normalized spacial score (nSPS) is 16.7. The molecule has 7 heteroatoms. The van der Waals surface area contributed by atoms with Crippen LogP contribution < -0.4 is 14.4 Å². The molecule has 1 unspecified atom stereocenters. The number of hydrogen-bond donors (Lipinski definition) is 1. The molecule has 1 fully saturated rings. The number of anilines is 1. The molecule has 3 aromatic rings. The van der Waals surface area contributed by atoms with Crippen molar-refractivity contribution < 1.29 is 24.2 Å². The molecule has 0 aromatic heterocycles. The molecule has 1 heterocycles. The van der Waals surface area contributed by atoms with Crippen LogP contribution in [0.3, 0.4) is 0 Å². The topological polar surface area (TPSA) is 99.9 Å². The highest BCUT2D eigenvalue weighted by Gasteiger charge is 2.47. The lowest BCUT2D eigenvalue weighted by atomic mass is 9.94. The van der Waals surface area contributed by atoms with E-state index >= 15 is 0 Å². The maximum atomic E-state index is 13.3. The Labute approximate surface area is 203 Å². The van der Waals surface area contributed by atoms with Crippen LogP contribution in [0.25, 0.3) is 5.76 Å². The minimum Gasteiger partial charge on any atom is -0.507 e. The Hall–Kier alpha value is -4.57. The first-order valence-corrected chi connectivity index (χ1v) is 11.2. The summed E-state index contributed by atoms with van der Waals surface area (Å²) < 4.78 is 11.1. The summed E-state index contributed by atoms with van der Waals surface area (Å²) in [5.41, 5.74) is 1.72. The van der Waals surface area contributed by atoms with Crippen LogP contribution in [-0.4, -0.2) is 30.5 Å². The van der Waals surface area contributed by atoms with Crippen LogP contribution in [0.2, 0.25) is 0 Å². The number of ether oxygens (including phenoxy) is 2. The second-order valence-corrected chi connectivity index (χ2v) is 7.94. The van der Waals surface area contributed by atoms with Gasteiger partial charge in [0, 0.05) is 16.8 Å². The summed E-state index contributed by atoms with van der Waals surface area (Å²) in [6.07, 6.45) is 0.861. The van der Waals surface area contributed by atoms with E-state index in [1.165, 1.54) is 12.0 Å². The number of nitrogens with zero attached hydrogens (tertiary/aromatic N) is 2. The molecule has 0 bridgehead atoms. The second-order valence-electron chi connectivity index (χ2n) is 7.94. The molecule has 1 saturated heterocycles. The third-order valence-corrected chi connectivity index (χ3v) is 5.75. The molecule has 1 aliphatic heterocycles. The number of carbonyl (C=O) groups excluding carboxylic acids is 2. The van der Waals surface area contributed by atoms with Gasteiger partial charge in [0.1, 0.15) is 17.3 Å². The van der Waals surface area contributed by atoms with Crippen molar-refractivity contribution in [2.45, 2.75) is 19.4 Å². The minimum atomic E-state index is -0.935. The van der Waals surface area contributed by atoms with E-state index in [9.17, 15) is 14.7 Å². The number of carbonyl (C=O) groups is 2. The fourth-order valence-electron chi connectivity index (χ4n) is 4.07. The molecule has 0 radical (unpaired) electrons. The van der Waals surface area contributed by atoms with Crippen LogP contribution in [0, 0.1) is 11.3 Å². The maximum absolute atomic E-state index is 13.3. The zero-order valence-corrected chi connectivity index (χ0v) is 19.4. The molecule has 35 heavy (non-hydrogen) atoms. The van der Waals surface area contributed by atoms with Gasteiger partial charge in [-0.2, -0.15) is 5.26 Å². The Morgan fingerprint density at radius 2 is 1.71 bits per heavy atom. The molecular weight excluding hydrogens is 444 g/mol. The summed E-state index contributed by atoms with van der Waals surface area (Å²) in [6, 6.07) is 21.2. The average Bonchev–Trinajstić information content (AvgIpc) is 3.17. The molecule has 1 aliphatic rings. The van der Waals surface area contributed by atoms with E-state index in [1.807, 2.05) is 13.0 Å². The third-order valence-electron chi connectivity index (χ3n) is 5.75. The van der Waals surface area contributed by atoms with Gasteiger partial charge < -0.3 is 14.6 Å². The summed E-state index contributed by atoms with van der Waals surface area (Å²) in [5.74, 6) is -0.781. The number of benzene rings is 3. The molecule has 7 nitrogen and oxygen atoms in total. The number of methoxy groups -OCH3 is 1. The predicted molar refractivity (Wildman–Crippen MR) is 131 cm³/mol. The van der Waals surface area contributed by atoms with E-state index in [0.29, 0.717) is 40.5 Å². The monoisotopic (exact) mass is 468 g/mol. The van der Waals surface area contributed by atoms with Crippen LogP contribution in [0.15, 0.2) is 78.4 Å². The smallest absolute Gasteiger partial charge is 0.300 e. The highest BCUT2D eigenvalue weighted by atomic mass is 16.5. The van der Waals surface area contributed by atoms with Crippen molar-refractivity contribution in [2.24, 2.45) is 0 Å². The molecule has 3 aromatic carbocycles. The van der Waals surface area contributed by atoms with Gasteiger partial charge in [-0.3, -0.25) is 14.5 Å². The van der Waals surface area contributed by atoms with Crippen LogP contribution in [0.1, 0.15) is 36.1 Å². The number of Topliss-reactive ketones (excluding diaryl/α,β-unsaturated/α-hetero) is 1. The number of ketones is 1. The Morgan fingerprint density at radius 1 is 1.03 bits per heavy atom. The van der Waals surface area contributed by atoms with Gasteiger partial charge in [-0.1, -0.05) is 25.1 Å². The van der Waals surface area contributed by atoms with Gasteiger partial charge in [0.15, 0.2) is 0 Å². The SMILES string of the molecule is CCCOc1ccc(/C(O)=C2/C(=O)C(=O)N(c3ccc(C#N)cc3)C2c2ccccc2OC)cc1. The molecular formula is C28H24N2O5. The number of hydrogen-bond acceptors (Lipinski definition) is 6. The molecule has 176 valence electrons. The molecule has 0 saturated carbocycles. The van der Waals surface area contributed by atoms with E-state index in [1.54, 1.807) is 72.8 Å². The number of aliphatic hydroxyl groups excluding tert-OH is 1. The molecule has 1 amide bonds. The first-order chi connectivity index (χ1) is 17.0. The maximum Gasteiger partial charge on any atom is 0.300 e. The number of rotatable bonds is 7. The van der Waals surface area contributed by atoms with Gasteiger partial charge in [0.25, 0.3) is 11.7 Å². The van der Waals surface area contributed by atoms with Gasteiger partial charge in [0.05, 0.1) is 37.0 Å². The standard InChI is InChI=1S/C28H24N2O5/c1-3-16-35-21-14-10-19(11-15-21)26(31)24-25(22-6-4-5-7-23(22)34-2)30(28(33)27(24)32)20-12-8-18(17-29)9-13-20/h4-15,25,31H,3,16H2,1-2H3/b26-24-. The average molecular weight is 469 g/mol. The van der Waals surface area contributed by atoms with Crippen molar-refractivity contribution >= 4 is 23.1 Å². The second kappa shape index (κ2) is 10.1. The first-order valence-electron chi connectivity index (χ1n) is 11.2. The highest BCUT2D eigenvalue weighted by molar-refractivity contribution is 6.51. The largest absolute Gasteiger partial charge is 0.507 e. The zero-order valence-electron chi connectivity index (χ0n) is 19.4. The van der Waals surface area contributed by atoms with Gasteiger partial charge >= 0.3 is 0 Å². The summed E-state index contributed by atoms with van der Waals surface area (Å²) in [4.78, 5) is 27.9. The number of nitriles is 1. The van der Waals surface area contributed by atoms with Gasteiger partial charge in [0.2, 0.25) is 0 Å². The number of para-hydroxylation sites is 1. The molecule has 0 aliphatic carbocycles. The van der Waals surface area contributed by atoms with Crippen molar-refractivity contribution in [1.82, 2.24) is 0 Å². The van der Waals surface area contributed by atoms with E-state index < -0.39 is 17.7 Å². The molecule has 4 rings (SSSR count). The van der Waals surface area contributed by atoms with Crippen LogP contribution in [0.5, 0.6) is 11.5 Å². The van der Waals surface area contributed by atoms with E-state index in [2.05, 4.69) is 0 Å². The Morgan fingerprint density at radius 3 is 2.34 bits per heavy atom. The highest BCUT2D eigenvalue weighted by Crippen LogP contribution is 2.44. The van der Waals surface area contributed by atoms with Crippen molar-refractivity contribution in [3.05, 3.63) is 95.1 Å². The van der Waals surface area contributed by atoms with Crippen molar-refractivity contribution in [1.29, 1.82) is 5.26 Å². The van der Waals surface area contributed by atoms with Crippen molar-refractivity contribution in [3.8, 4) is 17.6 Å². The van der Waals surface area contributed by atoms with Crippen LogP contribution in [0.4, 0.5) is 5.69 Å².